The van der Waals surface area contributed by atoms with Crippen LogP contribution in [-0.2, 0) is 6.54 Å². The molecule has 2 aromatic rings. The number of nitrogens with one attached hydrogen (secondary N) is 1. The fourth-order valence-corrected chi connectivity index (χ4v) is 2.09. The van der Waals surface area contributed by atoms with E-state index in [0.717, 1.165) is 11.3 Å². The highest BCUT2D eigenvalue weighted by Crippen LogP contribution is 2.20. The molecule has 0 radical (unpaired) electrons. The van der Waals surface area contributed by atoms with Gasteiger partial charge in [0.25, 0.3) is 5.91 Å². The largest absolute Gasteiger partial charge is 0.346 e. The van der Waals surface area contributed by atoms with Gasteiger partial charge in [-0.25, -0.2) is 4.39 Å². The first-order chi connectivity index (χ1) is 9.09. The number of carbonyl (C=O) groups excluding carboxylic acids is 1. The summed E-state index contributed by atoms with van der Waals surface area (Å²) in [5, 5.41) is 2.73. The Balaban J connectivity index is 2.10. The number of hydrogen-bond donors (Lipinski definition) is 1. The number of amides is 1. The van der Waals surface area contributed by atoms with E-state index in [1.165, 1.54) is 12.1 Å². The molecule has 5 heteroatoms. The standard InChI is InChI=1S/C14H12BrFN2O/c1-9-4-3-7-17-12(9)8-18-14(19)10-5-2-6-11(16)13(10)15/h2-7H,8H2,1H3,(H,18,19). The molecule has 0 unspecified atom stereocenters. The highest BCUT2D eigenvalue weighted by Gasteiger charge is 2.13. The molecule has 3 nitrogen and oxygen atoms in total. The Bertz CT molecular complexity index is 616. The minimum atomic E-state index is -0.457. The summed E-state index contributed by atoms with van der Waals surface area (Å²) in [6.07, 6.45) is 1.67. The van der Waals surface area contributed by atoms with Crippen molar-refractivity contribution in [2.45, 2.75) is 13.5 Å². The van der Waals surface area contributed by atoms with Crippen molar-refractivity contribution >= 4 is 21.8 Å². The molecule has 0 aliphatic carbocycles. The molecule has 0 fully saturated rings. The van der Waals surface area contributed by atoms with Gasteiger partial charge in [-0.3, -0.25) is 9.78 Å². The van der Waals surface area contributed by atoms with E-state index in [9.17, 15) is 9.18 Å². The monoisotopic (exact) mass is 322 g/mol. The highest BCUT2D eigenvalue weighted by molar-refractivity contribution is 9.10. The highest BCUT2D eigenvalue weighted by atomic mass is 79.9. The summed E-state index contributed by atoms with van der Waals surface area (Å²) < 4.78 is 13.5. The average molecular weight is 323 g/mol. The summed E-state index contributed by atoms with van der Waals surface area (Å²) in [5.74, 6) is -0.793. The Morgan fingerprint density at radius 3 is 2.89 bits per heavy atom. The number of rotatable bonds is 3. The average Bonchev–Trinajstić information content (AvgIpc) is 2.40. The molecular formula is C14H12BrFN2O. The minimum Gasteiger partial charge on any atom is -0.346 e. The Kier molecular flexibility index (Phi) is 4.27. The molecule has 2 rings (SSSR count). The van der Waals surface area contributed by atoms with E-state index in [2.05, 4.69) is 26.2 Å². The van der Waals surface area contributed by atoms with E-state index in [0.29, 0.717) is 6.54 Å². The fraction of sp³-hybridized carbons (Fsp3) is 0.143. The van der Waals surface area contributed by atoms with Crippen LogP contribution < -0.4 is 5.32 Å². The zero-order valence-corrected chi connectivity index (χ0v) is 11.9. The molecule has 0 aliphatic heterocycles. The van der Waals surface area contributed by atoms with Gasteiger partial charge in [0.2, 0.25) is 0 Å². The molecule has 0 atom stereocenters. The van der Waals surface area contributed by atoms with Gasteiger partial charge in [-0.05, 0) is 46.6 Å². The zero-order valence-electron chi connectivity index (χ0n) is 10.3. The number of aryl methyl sites for hydroxylation is 1. The molecule has 0 spiro atoms. The molecule has 1 amide bonds. The fourth-order valence-electron chi connectivity index (χ4n) is 1.64. The Labute approximate surface area is 119 Å². The molecule has 1 heterocycles. The van der Waals surface area contributed by atoms with Crippen LogP contribution in [0.2, 0.25) is 0 Å². The molecule has 1 aromatic heterocycles. The third kappa shape index (κ3) is 3.17. The van der Waals surface area contributed by atoms with Gasteiger partial charge < -0.3 is 5.32 Å². The summed E-state index contributed by atoms with van der Waals surface area (Å²) in [6, 6.07) is 8.12. The molecule has 0 bridgehead atoms. The molecular weight excluding hydrogens is 311 g/mol. The Morgan fingerprint density at radius 1 is 1.37 bits per heavy atom. The van der Waals surface area contributed by atoms with Gasteiger partial charge in [0, 0.05) is 6.20 Å². The van der Waals surface area contributed by atoms with Crippen molar-refractivity contribution in [3.8, 4) is 0 Å². The van der Waals surface area contributed by atoms with Gasteiger partial charge in [0.05, 0.1) is 22.3 Å². The summed E-state index contributed by atoms with van der Waals surface area (Å²) in [7, 11) is 0. The normalized spacial score (nSPS) is 10.3. The number of hydrogen-bond acceptors (Lipinski definition) is 2. The summed E-state index contributed by atoms with van der Waals surface area (Å²) in [5.41, 5.74) is 2.07. The quantitative estimate of drug-likeness (QED) is 0.942. The maximum Gasteiger partial charge on any atom is 0.252 e. The second-order valence-electron chi connectivity index (χ2n) is 4.05. The maximum absolute atomic E-state index is 13.3. The van der Waals surface area contributed by atoms with Crippen molar-refractivity contribution in [2.24, 2.45) is 0 Å². The summed E-state index contributed by atoms with van der Waals surface area (Å²) >= 11 is 3.07. The molecule has 98 valence electrons. The van der Waals surface area contributed by atoms with Crippen molar-refractivity contribution in [3.05, 3.63) is 63.6 Å². The van der Waals surface area contributed by atoms with Crippen molar-refractivity contribution < 1.29 is 9.18 Å². The maximum atomic E-state index is 13.3. The minimum absolute atomic E-state index is 0.172. The lowest BCUT2D eigenvalue weighted by Crippen LogP contribution is -2.24. The zero-order chi connectivity index (χ0) is 13.8. The van der Waals surface area contributed by atoms with Crippen LogP contribution in [0.15, 0.2) is 41.0 Å². The predicted molar refractivity (Wildman–Crippen MR) is 74.2 cm³/mol. The lowest BCUT2D eigenvalue weighted by atomic mass is 10.2. The number of halogens is 2. The topological polar surface area (TPSA) is 42.0 Å². The second-order valence-corrected chi connectivity index (χ2v) is 4.84. The molecule has 19 heavy (non-hydrogen) atoms. The first-order valence-electron chi connectivity index (χ1n) is 5.72. The Hall–Kier alpha value is -1.75. The summed E-state index contributed by atoms with van der Waals surface area (Å²) in [6.45, 7) is 2.24. The SMILES string of the molecule is Cc1cccnc1CNC(=O)c1cccc(F)c1Br. The van der Waals surface area contributed by atoms with Crippen LogP contribution in [0.25, 0.3) is 0 Å². The van der Waals surface area contributed by atoms with Crippen molar-refractivity contribution in [1.29, 1.82) is 0 Å². The van der Waals surface area contributed by atoms with Crippen molar-refractivity contribution in [3.63, 3.8) is 0 Å². The van der Waals surface area contributed by atoms with Crippen LogP contribution in [0.3, 0.4) is 0 Å². The van der Waals surface area contributed by atoms with E-state index in [1.54, 1.807) is 12.3 Å². The van der Waals surface area contributed by atoms with Gasteiger partial charge in [-0.2, -0.15) is 0 Å². The predicted octanol–water partition coefficient (Wildman–Crippen LogP) is 3.22. The molecule has 0 aliphatic rings. The van der Waals surface area contributed by atoms with Crippen LogP contribution in [0.4, 0.5) is 4.39 Å². The van der Waals surface area contributed by atoms with E-state index in [1.807, 2.05) is 19.1 Å². The number of carbonyl (C=O) groups is 1. The van der Waals surface area contributed by atoms with Crippen LogP contribution >= 0.6 is 15.9 Å². The molecule has 1 N–H and O–H groups in total. The van der Waals surface area contributed by atoms with E-state index >= 15 is 0 Å². The Morgan fingerprint density at radius 2 is 2.16 bits per heavy atom. The number of benzene rings is 1. The second kappa shape index (κ2) is 5.93. The van der Waals surface area contributed by atoms with Gasteiger partial charge in [-0.1, -0.05) is 12.1 Å². The first-order valence-corrected chi connectivity index (χ1v) is 6.51. The molecule has 0 saturated carbocycles. The lowest BCUT2D eigenvalue weighted by Gasteiger charge is -2.08. The first kappa shape index (κ1) is 13.7. The third-order valence-electron chi connectivity index (χ3n) is 2.73. The summed E-state index contributed by atoms with van der Waals surface area (Å²) in [4.78, 5) is 16.2. The van der Waals surface area contributed by atoms with Gasteiger partial charge in [0.15, 0.2) is 0 Å². The lowest BCUT2D eigenvalue weighted by molar-refractivity contribution is 0.0949. The number of nitrogens with zero attached hydrogens (tertiary/aromatic N) is 1. The third-order valence-corrected chi connectivity index (χ3v) is 3.54. The number of aromatic nitrogens is 1. The molecule has 0 saturated heterocycles. The van der Waals surface area contributed by atoms with Crippen molar-refractivity contribution in [1.82, 2.24) is 10.3 Å². The van der Waals surface area contributed by atoms with Crippen LogP contribution in [-0.4, -0.2) is 10.9 Å². The van der Waals surface area contributed by atoms with E-state index in [-0.39, 0.29) is 15.9 Å². The van der Waals surface area contributed by atoms with Crippen LogP contribution in [0.5, 0.6) is 0 Å². The van der Waals surface area contributed by atoms with E-state index in [4.69, 9.17) is 0 Å². The van der Waals surface area contributed by atoms with Crippen LogP contribution in [0, 0.1) is 12.7 Å². The van der Waals surface area contributed by atoms with Crippen LogP contribution in [0.1, 0.15) is 21.6 Å². The van der Waals surface area contributed by atoms with Gasteiger partial charge in [-0.15, -0.1) is 0 Å². The van der Waals surface area contributed by atoms with Gasteiger partial charge >= 0.3 is 0 Å². The smallest absolute Gasteiger partial charge is 0.252 e. The van der Waals surface area contributed by atoms with E-state index < -0.39 is 5.82 Å². The van der Waals surface area contributed by atoms with Crippen molar-refractivity contribution in [2.75, 3.05) is 0 Å². The number of pyridine rings is 1. The molecule has 1 aromatic carbocycles. The van der Waals surface area contributed by atoms with Gasteiger partial charge in [0.1, 0.15) is 5.82 Å².